The van der Waals surface area contributed by atoms with Crippen molar-refractivity contribution in [2.24, 2.45) is 0 Å². The van der Waals surface area contributed by atoms with E-state index in [0.717, 1.165) is 6.67 Å². The molecule has 0 heterocycles. The largest absolute Gasteiger partial charge is 0.254 e. The predicted octanol–water partition coefficient (Wildman–Crippen LogP) is -0.152. The topological polar surface area (TPSA) is 6.25 Å². The second-order valence-electron chi connectivity index (χ2n) is 2.08. The van der Waals surface area contributed by atoms with Crippen LogP contribution in [0.1, 0.15) is 0 Å². The maximum atomic E-state index is 3.67. The van der Waals surface area contributed by atoms with E-state index in [0.29, 0.717) is 0 Å². The highest BCUT2D eigenvalue weighted by molar-refractivity contribution is 5.13. The van der Waals surface area contributed by atoms with Gasteiger partial charge in [-0.1, -0.05) is 0 Å². The van der Waals surface area contributed by atoms with Crippen LogP contribution < -0.4 is 0 Å². The fourth-order valence-electron chi connectivity index (χ4n) is 0.483. The second kappa shape index (κ2) is 2.75. The van der Waals surface area contributed by atoms with Crippen LogP contribution in [0.5, 0.6) is 0 Å². The molecule has 0 unspecified atom stereocenters. The Morgan fingerprint density at radius 2 is 2.00 bits per heavy atom. The molecule has 42 valence electrons. The number of hydrogen-bond donors (Lipinski definition) is 0. The molecule has 0 amide bonds. The summed E-state index contributed by atoms with van der Waals surface area (Å²) in [5, 5.41) is 0. The molecule has 0 aromatic carbocycles. The van der Waals surface area contributed by atoms with Crippen molar-refractivity contribution in [2.45, 2.75) is 0 Å². The first kappa shape index (κ1) is 6.63. The van der Waals surface area contributed by atoms with Crippen molar-refractivity contribution in [1.29, 1.82) is 0 Å². The lowest BCUT2D eigenvalue weighted by molar-refractivity contribution is -0.509. The van der Waals surface area contributed by atoms with Crippen molar-refractivity contribution >= 4 is 6.72 Å². The van der Waals surface area contributed by atoms with Gasteiger partial charge >= 0.3 is 0 Å². The molecule has 0 atom stereocenters. The smallest absolute Gasteiger partial charge is 0.197 e. The summed E-state index contributed by atoms with van der Waals surface area (Å²) in [6, 6.07) is 0. The Balaban J connectivity index is 3.13. The minimum Gasteiger partial charge on any atom is -0.254 e. The van der Waals surface area contributed by atoms with Gasteiger partial charge in [-0.25, -0.2) is 4.58 Å². The van der Waals surface area contributed by atoms with Crippen LogP contribution in [0, 0.1) is 0 Å². The normalized spacial score (nSPS) is 9.71. The van der Waals surface area contributed by atoms with Gasteiger partial charge in [0, 0.05) is 0 Å². The molecule has 0 aromatic heterocycles. The van der Waals surface area contributed by atoms with E-state index in [9.17, 15) is 0 Å². The minimum absolute atomic E-state index is 0.917. The molecule has 2 heteroatoms. The standard InChI is InChI=1S/C5H13N2/c1-6(2)5-7(3)4/h1,5H2,2-4H3/q+1. The molecule has 0 spiro atoms. The molecule has 0 bridgehead atoms. The van der Waals surface area contributed by atoms with Crippen LogP contribution in [0.2, 0.25) is 0 Å². The second-order valence-corrected chi connectivity index (χ2v) is 2.08. The van der Waals surface area contributed by atoms with Gasteiger partial charge in [-0.3, -0.25) is 4.90 Å². The van der Waals surface area contributed by atoms with Crippen molar-refractivity contribution in [3.05, 3.63) is 0 Å². The van der Waals surface area contributed by atoms with Gasteiger partial charge in [-0.2, -0.15) is 0 Å². The Bertz CT molecular complexity index is 66.5. The first-order valence-corrected chi connectivity index (χ1v) is 2.29. The average molecular weight is 101 g/mol. The molecule has 0 radical (unpaired) electrons. The maximum Gasteiger partial charge on any atom is 0.197 e. The number of hydrogen-bond acceptors (Lipinski definition) is 1. The molecule has 2 nitrogen and oxygen atoms in total. The zero-order valence-corrected chi connectivity index (χ0v) is 5.31. The van der Waals surface area contributed by atoms with Gasteiger partial charge in [0.15, 0.2) is 6.67 Å². The molecule has 0 N–H and O–H groups in total. The Hall–Kier alpha value is -0.370. The Kier molecular flexibility index (Phi) is 2.60. The Morgan fingerprint density at radius 3 is 2.00 bits per heavy atom. The highest BCUT2D eigenvalue weighted by Crippen LogP contribution is 1.68. The maximum absolute atomic E-state index is 3.67. The van der Waals surface area contributed by atoms with E-state index < -0.39 is 0 Å². The lowest BCUT2D eigenvalue weighted by Gasteiger charge is -2.02. The lowest BCUT2D eigenvalue weighted by Crippen LogP contribution is -2.21. The van der Waals surface area contributed by atoms with Crippen LogP contribution in [0.4, 0.5) is 0 Å². The summed E-state index contributed by atoms with van der Waals surface area (Å²) in [7, 11) is 5.98. The highest BCUT2D eigenvalue weighted by atomic mass is 15.2. The van der Waals surface area contributed by atoms with Gasteiger partial charge in [-0.05, 0) is 14.1 Å². The quantitative estimate of drug-likeness (QED) is 0.266. The van der Waals surface area contributed by atoms with E-state index >= 15 is 0 Å². The lowest BCUT2D eigenvalue weighted by atomic mass is 10.8. The Morgan fingerprint density at radius 1 is 1.57 bits per heavy atom. The third-order valence-electron chi connectivity index (χ3n) is 0.524. The Labute approximate surface area is 45.1 Å². The summed E-state index contributed by atoms with van der Waals surface area (Å²) in [5.41, 5.74) is 0. The van der Waals surface area contributed by atoms with Crippen molar-refractivity contribution in [3.8, 4) is 0 Å². The van der Waals surface area contributed by atoms with Crippen LogP contribution in [0.3, 0.4) is 0 Å². The molecule has 0 aromatic rings. The minimum atomic E-state index is 0.917. The molecular weight excluding hydrogens is 88.1 g/mol. The fourth-order valence-corrected chi connectivity index (χ4v) is 0.483. The average Bonchev–Trinajstić information content (AvgIpc) is 1.27. The van der Waals surface area contributed by atoms with Crippen LogP contribution in [-0.4, -0.2) is 44.0 Å². The summed E-state index contributed by atoms with van der Waals surface area (Å²) in [6.45, 7) is 4.59. The van der Waals surface area contributed by atoms with E-state index in [2.05, 4.69) is 11.6 Å². The zero-order chi connectivity index (χ0) is 5.86. The van der Waals surface area contributed by atoms with Gasteiger partial charge in [0.1, 0.15) is 13.8 Å². The molecule has 0 saturated heterocycles. The molecule has 7 heavy (non-hydrogen) atoms. The number of rotatable bonds is 2. The molecular formula is C5H13N2+. The van der Waals surface area contributed by atoms with Gasteiger partial charge in [0.25, 0.3) is 0 Å². The van der Waals surface area contributed by atoms with E-state index in [1.807, 2.05) is 25.7 Å². The molecule has 0 rings (SSSR count). The van der Waals surface area contributed by atoms with E-state index in [4.69, 9.17) is 0 Å². The third kappa shape index (κ3) is 5.63. The van der Waals surface area contributed by atoms with Crippen molar-refractivity contribution in [3.63, 3.8) is 0 Å². The molecule has 0 fully saturated rings. The summed E-state index contributed by atoms with van der Waals surface area (Å²) in [5.74, 6) is 0. The van der Waals surface area contributed by atoms with Crippen molar-refractivity contribution < 1.29 is 4.58 Å². The van der Waals surface area contributed by atoms with Crippen molar-refractivity contribution in [1.82, 2.24) is 4.90 Å². The van der Waals surface area contributed by atoms with Crippen molar-refractivity contribution in [2.75, 3.05) is 27.8 Å². The summed E-state index contributed by atoms with van der Waals surface area (Å²) in [6.07, 6.45) is 0. The first-order chi connectivity index (χ1) is 3.13. The van der Waals surface area contributed by atoms with Crippen LogP contribution >= 0.6 is 0 Å². The molecule has 0 aliphatic rings. The summed E-state index contributed by atoms with van der Waals surface area (Å²) in [4.78, 5) is 2.06. The van der Waals surface area contributed by atoms with Gasteiger partial charge in [0.05, 0.1) is 0 Å². The molecule has 0 aliphatic carbocycles. The monoisotopic (exact) mass is 101 g/mol. The van der Waals surface area contributed by atoms with Crippen LogP contribution in [-0.2, 0) is 0 Å². The van der Waals surface area contributed by atoms with Gasteiger partial charge in [-0.15, -0.1) is 0 Å². The van der Waals surface area contributed by atoms with Gasteiger partial charge < -0.3 is 0 Å². The SMILES string of the molecule is C=[N+](C)CN(C)C. The highest BCUT2D eigenvalue weighted by Gasteiger charge is 1.90. The zero-order valence-electron chi connectivity index (χ0n) is 5.31. The molecule has 0 aliphatic heterocycles. The van der Waals surface area contributed by atoms with Crippen LogP contribution in [0.25, 0.3) is 0 Å². The van der Waals surface area contributed by atoms with E-state index in [1.165, 1.54) is 0 Å². The molecule has 0 saturated carbocycles. The summed E-state index contributed by atoms with van der Waals surface area (Å²) < 4.78 is 1.88. The summed E-state index contributed by atoms with van der Waals surface area (Å²) >= 11 is 0. The van der Waals surface area contributed by atoms with E-state index in [-0.39, 0.29) is 0 Å². The fraction of sp³-hybridized carbons (Fsp3) is 0.800. The van der Waals surface area contributed by atoms with E-state index in [1.54, 1.807) is 0 Å². The number of nitrogens with zero attached hydrogens (tertiary/aromatic N) is 2. The van der Waals surface area contributed by atoms with Gasteiger partial charge in [0.2, 0.25) is 0 Å². The third-order valence-corrected chi connectivity index (χ3v) is 0.524. The first-order valence-electron chi connectivity index (χ1n) is 2.29. The van der Waals surface area contributed by atoms with Crippen LogP contribution in [0.15, 0.2) is 0 Å². The predicted molar refractivity (Wildman–Crippen MR) is 31.9 cm³/mol.